The Bertz CT molecular complexity index is 500. The van der Waals surface area contributed by atoms with E-state index in [2.05, 4.69) is 32.7 Å². The molecule has 25 heavy (non-hydrogen) atoms. The molecule has 1 saturated heterocycles. The van der Waals surface area contributed by atoms with E-state index >= 15 is 0 Å². The molecule has 0 radical (unpaired) electrons. The van der Waals surface area contributed by atoms with Gasteiger partial charge in [0.15, 0.2) is 11.8 Å². The zero-order valence-electron chi connectivity index (χ0n) is 15.4. The van der Waals surface area contributed by atoms with Crippen LogP contribution in [0.25, 0.3) is 0 Å². The van der Waals surface area contributed by atoms with Gasteiger partial charge >= 0.3 is 0 Å². The summed E-state index contributed by atoms with van der Waals surface area (Å²) < 4.78 is 16.1. The Morgan fingerprint density at radius 1 is 1.36 bits per heavy atom. The van der Waals surface area contributed by atoms with Crippen LogP contribution in [-0.2, 0) is 15.9 Å². The number of aliphatic imine (C=N–C) groups is 1. The summed E-state index contributed by atoms with van der Waals surface area (Å²) in [5.41, 5.74) is 0. The first-order chi connectivity index (χ1) is 12.3. The van der Waals surface area contributed by atoms with Gasteiger partial charge in [-0.2, -0.15) is 4.98 Å². The molecule has 0 aliphatic carbocycles. The van der Waals surface area contributed by atoms with E-state index in [1.54, 1.807) is 0 Å². The molecule has 0 amide bonds. The number of hydrogen-bond acceptors (Lipinski definition) is 6. The van der Waals surface area contributed by atoms with Crippen molar-refractivity contribution in [2.45, 2.75) is 39.5 Å². The Balaban J connectivity index is 1.53. The zero-order valence-corrected chi connectivity index (χ0v) is 15.4. The highest BCUT2D eigenvalue weighted by molar-refractivity contribution is 5.79. The lowest BCUT2D eigenvalue weighted by molar-refractivity contribution is 0.0888. The SMILES string of the molecule is CCNC(=NCCCc1nc(C)no1)NCCCOCC1CCOC1. The third kappa shape index (κ3) is 8.31. The second kappa shape index (κ2) is 11.8. The van der Waals surface area contributed by atoms with E-state index in [9.17, 15) is 0 Å². The molecular weight excluding hydrogens is 322 g/mol. The number of nitrogens with one attached hydrogen (secondary N) is 2. The van der Waals surface area contributed by atoms with Crippen LogP contribution in [0.4, 0.5) is 0 Å². The Kier molecular flexibility index (Phi) is 9.28. The molecule has 2 rings (SSSR count). The predicted octanol–water partition coefficient (Wildman–Crippen LogP) is 1.31. The highest BCUT2D eigenvalue weighted by Gasteiger charge is 2.15. The molecule has 0 saturated carbocycles. The van der Waals surface area contributed by atoms with Gasteiger partial charge in [-0.1, -0.05) is 5.16 Å². The Hall–Kier alpha value is -1.67. The Labute approximate surface area is 149 Å². The summed E-state index contributed by atoms with van der Waals surface area (Å²) in [6.45, 7) is 9.58. The lowest BCUT2D eigenvalue weighted by Crippen LogP contribution is -2.38. The summed E-state index contributed by atoms with van der Waals surface area (Å²) in [6.07, 6.45) is 3.71. The molecule has 1 atom stereocenters. The smallest absolute Gasteiger partial charge is 0.226 e. The molecular formula is C17H31N5O3. The van der Waals surface area contributed by atoms with Crippen molar-refractivity contribution in [1.82, 2.24) is 20.8 Å². The summed E-state index contributed by atoms with van der Waals surface area (Å²) >= 11 is 0. The van der Waals surface area contributed by atoms with Gasteiger partial charge in [0.25, 0.3) is 0 Å². The van der Waals surface area contributed by atoms with Gasteiger partial charge in [0.2, 0.25) is 5.89 Å². The van der Waals surface area contributed by atoms with Crippen molar-refractivity contribution in [2.75, 3.05) is 46.1 Å². The summed E-state index contributed by atoms with van der Waals surface area (Å²) in [5, 5.41) is 10.4. The summed E-state index contributed by atoms with van der Waals surface area (Å²) in [4.78, 5) is 8.75. The molecule has 1 aromatic rings. The van der Waals surface area contributed by atoms with Crippen LogP contribution in [0.2, 0.25) is 0 Å². The van der Waals surface area contributed by atoms with Gasteiger partial charge < -0.3 is 24.6 Å². The largest absolute Gasteiger partial charge is 0.381 e. The fourth-order valence-corrected chi connectivity index (χ4v) is 2.55. The van der Waals surface area contributed by atoms with Gasteiger partial charge in [-0.05, 0) is 33.1 Å². The summed E-state index contributed by atoms with van der Waals surface area (Å²) in [6, 6.07) is 0. The van der Waals surface area contributed by atoms with Crippen LogP contribution in [0.5, 0.6) is 0 Å². The van der Waals surface area contributed by atoms with Crippen molar-refractivity contribution in [3.63, 3.8) is 0 Å². The summed E-state index contributed by atoms with van der Waals surface area (Å²) in [5.74, 6) is 2.77. The Morgan fingerprint density at radius 2 is 2.28 bits per heavy atom. The van der Waals surface area contributed by atoms with E-state index in [0.29, 0.717) is 17.6 Å². The molecule has 8 nitrogen and oxygen atoms in total. The first-order valence-corrected chi connectivity index (χ1v) is 9.24. The quantitative estimate of drug-likeness (QED) is 0.352. The van der Waals surface area contributed by atoms with Crippen molar-refractivity contribution >= 4 is 5.96 Å². The van der Waals surface area contributed by atoms with Gasteiger partial charge in [-0.15, -0.1) is 0 Å². The van der Waals surface area contributed by atoms with E-state index in [4.69, 9.17) is 14.0 Å². The maximum Gasteiger partial charge on any atom is 0.226 e. The maximum atomic E-state index is 5.71. The van der Waals surface area contributed by atoms with Crippen molar-refractivity contribution in [2.24, 2.45) is 10.9 Å². The van der Waals surface area contributed by atoms with Crippen LogP contribution in [0.15, 0.2) is 9.52 Å². The number of hydrogen-bond donors (Lipinski definition) is 2. The van der Waals surface area contributed by atoms with Crippen LogP contribution in [0.1, 0.15) is 37.9 Å². The molecule has 0 aromatic carbocycles. The second-order valence-electron chi connectivity index (χ2n) is 6.18. The van der Waals surface area contributed by atoms with E-state index in [0.717, 1.165) is 77.7 Å². The van der Waals surface area contributed by atoms with Crippen LogP contribution in [-0.4, -0.2) is 62.2 Å². The predicted molar refractivity (Wildman–Crippen MR) is 95.7 cm³/mol. The number of nitrogens with zero attached hydrogens (tertiary/aromatic N) is 3. The number of ether oxygens (including phenoxy) is 2. The number of aromatic nitrogens is 2. The maximum absolute atomic E-state index is 5.71. The zero-order chi connectivity index (χ0) is 17.7. The molecule has 1 aliphatic rings. The second-order valence-corrected chi connectivity index (χ2v) is 6.18. The minimum absolute atomic E-state index is 0.578. The average Bonchev–Trinajstić information content (AvgIpc) is 3.26. The molecule has 0 spiro atoms. The molecule has 1 unspecified atom stereocenters. The molecule has 2 N–H and O–H groups in total. The topological polar surface area (TPSA) is 93.8 Å². The minimum atomic E-state index is 0.578. The highest BCUT2D eigenvalue weighted by Crippen LogP contribution is 2.12. The molecule has 142 valence electrons. The number of rotatable bonds is 11. The van der Waals surface area contributed by atoms with Gasteiger partial charge in [0, 0.05) is 45.2 Å². The third-order valence-corrected chi connectivity index (χ3v) is 3.87. The molecule has 1 aliphatic heterocycles. The highest BCUT2D eigenvalue weighted by atomic mass is 16.5. The average molecular weight is 353 g/mol. The third-order valence-electron chi connectivity index (χ3n) is 3.87. The van der Waals surface area contributed by atoms with Gasteiger partial charge in [-0.25, -0.2) is 0 Å². The number of aryl methyl sites for hydroxylation is 2. The van der Waals surface area contributed by atoms with Crippen LogP contribution < -0.4 is 10.6 Å². The lowest BCUT2D eigenvalue weighted by atomic mass is 10.1. The van der Waals surface area contributed by atoms with Gasteiger partial charge in [0.1, 0.15) is 0 Å². The molecule has 8 heteroatoms. The van der Waals surface area contributed by atoms with Gasteiger partial charge in [0.05, 0.1) is 13.2 Å². The van der Waals surface area contributed by atoms with Crippen molar-refractivity contribution < 1.29 is 14.0 Å². The molecule has 0 bridgehead atoms. The fourth-order valence-electron chi connectivity index (χ4n) is 2.55. The van der Waals surface area contributed by atoms with Crippen LogP contribution in [0.3, 0.4) is 0 Å². The Morgan fingerprint density at radius 3 is 3.00 bits per heavy atom. The van der Waals surface area contributed by atoms with Crippen molar-refractivity contribution in [3.8, 4) is 0 Å². The standard InChI is InChI=1S/C17H31N5O3/c1-3-18-17(19-8-4-6-16-21-14(2)22-25-16)20-9-5-10-23-12-15-7-11-24-13-15/h15H,3-13H2,1-2H3,(H2,18,19,20). The van der Waals surface area contributed by atoms with E-state index < -0.39 is 0 Å². The summed E-state index contributed by atoms with van der Waals surface area (Å²) in [7, 11) is 0. The van der Waals surface area contributed by atoms with Crippen molar-refractivity contribution in [1.29, 1.82) is 0 Å². The molecule has 1 fully saturated rings. The number of guanidine groups is 1. The van der Waals surface area contributed by atoms with Crippen LogP contribution in [0, 0.1) is 12.8 Å². The minimum Gasteiger partial charge on any atom is -0.381 e. The monoisotopic (exact) mass is 353 g/mol. The first-order valence-electron chi connectivity index (χ1n) is 9.24. The molecule has 2 heterocycles. The van der Waals surface area contributed by atoms with E-state index in [-0.39, 0.29) is 0 Å². The van der Waals surface area contributed by atoms with Crippen molar-refractivity contribution in [3.05, 3.63) is 11.7 Å². The normalized spacial score (nSPS) is 17.8. The van der Waals surface area contributed by atoms with E-state index in [1.807, 2.05) is 6.92 Å². The molecule has 1 aromatic heterocycles. The van der Waals surface area contributed by atoms with E-state index in [1.165, 1.54) is 0 Å². The van der Waals surface area contributed by atoms with Crippen LogP contribution >= 0.6 is 0 Å². The fraction of sp³-hybridized carbons (Fsp3) is 0.824. The van der Waals surface area contributed by atoms with Gasteiger partial charge in [-0.3, -0.25) is 4.99 Å². The lowest BCUT2D eigenvalue weighted by Gasteiger charge is -2.12. The first kappa shape index (κ1) is 19.7.